The van der Waals surface area contributed by atoms with E-state index in [1.54, 1.807) is 25.3 Å². The van der Waals surface area contributed by atoms with Crippen molar-refractivity contribution in [3.8, 4) is 0 Å². The van der Waals surface area contributed by atoms with Crippen molar-refractivity contribution in [1.29, 1.82) is 0 Å². The van der Waals surface area contributed by atoms with E-state index in [2.05, 4.69) is 0 Å². The van der Waals surface area contributed by atoms with Crippen molar-refractivity contribution in [2.24, 2.45) is 0 Å². The van der Waals surface area contributed by atoms with Crippen LogP contribution in [0, 0.1) is 0 Å². The van der Waals surface area contributed by atoms with E-state index in [-0.39, 0.29) is 10.5 Å². The number of methoxy groups -OCH3 is 1. The van der Waals surface area contributed by atoms with Crippen LogP contribution in [0.4, 0.5) is 0 Å². The molecule has 1 fully saturated rings. The first-order valence-corrected chi connectivity index (χ1v) is 10.7. The van der Waals surface area contributed by atoms with Gasteiger partial charge < -0.3 is 9.47 Å². The number of ether oxygens (including phenoxy) is 2. The van der Waals surface area contributed by atoms with E-state index < -0.39 is 28.4 Å². The first kappa shape index (κ1) is 21.2. The molecule has 0 aliphatic carbocycles. The maximum absolute atomic E-state index is 12.5. The number of benzene rings is 2. The van der Waals surface area contributed by atoms with Crippen LogP contribution < -0.4 is 0 Å². The summed E-state index contributed by atoms with van der Waals surface area (Å²) in [5.41, 5.74) is 1.44. The van der Waals surface area contributed by atoms with Gasteiger partial charge in [-0.25, -0.2) is 13.2 Å². The zero-order valence-electron chi connectivity index (χ0n) is 16.2. The summed E-state index contributed by atoms with van der Waals surface area (Å²) in [6, 6.07) is 12.5. The molecule has 3 rings (SSSR count). The molecule has 0 unspecified atom stereocenters. The molecule has 29 heavy (non-hydrogen) atoms. The van der Waals surface area contributed by atoms with Crippen LogP contribution >= 0.6 is 0 Å². The highest BCUT2D eigenvalue weighted by molar-refractivity contribution is 7.89. The standard InChI is InChI=1S/C21H23NO6S/c1-27-14-16-5-4-6-18(13-16)21(24)28-15-20(23)17-7-9-19(10-8-17)29(25,26)22-11-2-3-12-22/h4-10,13H,2-3,11-12,14-15H2,1H3. The third-order valence-corrected chi connectivity index (χ3v) is 6.60. The molecular weight excluding hydrogens is 394 g/mol. The lowest BCUT2D eigenvalue weighted by Gasteiger charge is -2.15. The fraction of sp³-hybridized carbons (Fsp3) is 0.333. The van der Waals surface area contributed by atoms with Crippen molar-refractivity contribution in [3.63, 3.8) is 0 Å². The second kappa shape index (κ2) is 9.30. The number of rotatable bonds is 8. The third kappa shape index (κ3) is 5.09. The fourth-order valence-electron chi connectivity index (χ4n) is 3.14. The highest BCUT2D eigenvalue weighted by Gasteiger charge is 2.27. The maximum Gasteiger partial charge on any atom is 0.338 e. The van der Waals surface area contributed by atoms with Gasteiger partial charge in [0.25, 0.3) is 0 Å². The van der Waals surface area contributed by atoms with Crippen LogP contribution in [-0.4, -0.2) is 51.3 Å². The van der Waals surface area contributed by atoms with Crippen LogP contribution in [0.5, 0.6) is 0 Å². The number of carbonyl (C=O) groups excluding carboxylic acids is 2. The minimum absolute atomic E-state index is 0.155. The highest BCUT2D eigenvalue weighted by atomic mass is 32.2. The van der Waals surface area contributed by atoms with Gasteiger partial charge in [-0.05, 0) is 54.8 Å². The quantitative estimate of drug-likeness (QED) is 0.485. The molecule has 0 N–H and O–H groups in total. The van der Waals surface area contributed by atoms with E-state index in [0.29, 0.717) is 25.3 Å². The molecule has 1 aliphatic rings. The Morgan fingerprint density at radius 3 is 2.34 bits per heavy atom. The Labute approximate surface area is 170 Å². The Bertz CT molecular complexity index is 978. The van der Waals surface area contributed by atoms with Crippen molar-refractivity contribution in [2.75, 3.05) is 26.8 Å². The number of esters is 1. The van der Waals surface area contributed by atoms with Crippen LogP contribution in [0.1, 0.15) is 39.1 Å². The van der Waals surface area contributed by atoms with Crippen LogP contribution in [0.2, 0.25) is 0 Å². The molecule has 154 valence electrons. The molecule has 0 spiro atoms. The van der Waals surface area contributed by atoms with Gasteiger partial charge in [-0.1, -0.05) is 12.1 Å². The summed E-state index contributed by atoms with van der Waals surface area (Å²) in [6.45, 7) is 0.980. The van der Waals surface area contributed by atoms with E-state index in [1.165, 1.54) is 28.6 Å². The minimum atomic E-state index is -3.53. The summed E-state index contributed by atoms with van der Waals surface area (Å²) in [4.78, 5) is 24.6. The van der Waals surface area contributed by atoms with Gasteiger partial charge in [0.2, 0.25) is 10.0 Å². The first-order valence-electron chi connectivity index (χ1n) is 9.30. The number of hydrogen-bond donors (Lipinski definition) is 0. The van der Waals surface area contributed by atoms with E-state index in [4.69, 9.17) is 9.47 Å². The molecule has 0 radical (unpaired) electrons. The van der Waals surface area contributed by atoms with E-state index >= 15 is 0 Å². The Kier molecular flexibility index (Phi) is 6.79. The molecule has 0 aromatic heterocycles. The summed E-state index contributed by atoms with van der Waals surface area (Å²) in [6.07, 6.45) is 1.71. The Hall–Kier alpha value is -2.55. The van der Waals surface area contributed by atoms with Gasteiger partial charge in [0, 0.05) is 25.8 Å². The van der Waals surface area contributed by atoms with Gasteiger partial charge in [0.15, 0.2) is 12.4 Å². The number of carbonyl (C=O) groups is 2. The average molecular weight is 417 g/mol. The Balaban J connectivity index is 1.61. The monoisotopic (exact) mass is 417 g/mol. The zero-order chi connectivity index (χ0) is 20.9. The molecule has 1 heterocycles. The lowest BCUT2D eigenvalue weighted by atomic mass is 10.1. The van der Waals surface area contributed by atoms with E-state index in [9.17, 15) is 18.0 Å². The van der Waals surface area contributed by atoms with Crippen LogP contribution in [-0.2, 0) is 26.1 Å². The van der Waals surface area contributed by atoms with Gasteiger partial charge in [0.05, 0.1) is 17.1 Å². The SMILES string of the molecule is COCc1cccc(C(=O)OCC(=O)c2ccc(S(=O)(=O)N3CCCC3)cc2)c1. The van der Waals surface area contributed by atoms with Gasteiger partial charge in [-0.3, -0.25) is 4.79 Å². The molecule has 0 saturated carbocycles. The van der Waals surface area contributed by atoms with Crippen LogP contribution in [0.15, 0.2) is 53.4 Å². The van der Waals surface area contributed by atoms with Crippen molar-refractivity contribution >= 4 is 21.8 Å². The molecular formula is C21H23NO6S. The number of Topliss-reactive ketones (excluding diaryl/α,β-unsaturated/α-hetero) is 1. The average Bonchev–Trinajstić information content (AvgIpc) is 3.28. The molecule has 0 amide bonds. The second-order valence-corrected chi connectivity index (χ2v) is 8.71. The molecule has 2 aromatic carbocycles. The molecule has 7 nitrogen and oxygen atoms in total. The zero-order valence-corrected chi connectivity index (χ0v) is 17.0. The number of nitrogens with zero attached hydrogens (tertiary/aromatic N) is 1. The Morgan fingerprint density at radius 1 is 1.00 bits per heavy atom. The lowest BCUT2D eigenvalue weighted by Crippen LogP contribution is -2.27. The lowest BCUT2D eigenvalue weighted by molar-refractivity contribution is 0.0474. The minimum Gasteiger partial charge on any atom is -0.454 e. The van der Waals surface area contributed by atoms with Crippen molar-refractivity contribution in [3.05, 3.63) is 65.2 Å². The van der Waals surface area contributed by atoms with Gasteiger partial charge >= 0.3 is 5.97 Å². The summed E-state index contributed by atoms with van der Waals surface area (Å²) < 4.78 is 36.6. The van der Waals surface area contributed by atoms with Gasteiger partial charge in [0.1, 0.15) is 0 Å². The molecule has 2 aromatic rings. The topological polar surface area (TPSA) is 90.0 Å². The normalized spacial score (nSPS) is 14.7. The van der Waals surface area contributed by atoms with Crippen molar-refractivity contribution < 1.29 is 27.5 Å². The summed E-state index contributed by atoms with van der Waals surface area (Å²) in [5.74, 6) is -1.01. The molecule has 0 atom stereocenters. The Morgan fingerprint density at radius 2 is 1.69 bits per heavy atom. The molecule has 0 bridgehead atoms. The number of sulfonamides is 1. The number of ketones is 1. The fourth-order valence-corrected chi connectivity index (χ4v) is 4.66. The summed E-state index contributed by atoms with van der Waals surface area (Å²) >= 11 is 0. The summed E-state index contributed by atoms with van der Waals surface area (Å²) in [7, 11) is -1.96. The maximum atomic E-state index is 12.5. The smallest absolute Gasteiger partial charge is 0.338 e. The molecule has 1 aliphatic heterocycles. The highest BCUT2D eigenvalue weighted by Crippen LogP contribution is 2.21. The van der Waals surface area contributed by atoms with Crippen LogP contribution in [0.3, 0.4) is 0 Å². The molecule has 1 saturated heterocycles. The number of hydrogen-bond acceptors (Lipinski definition) is 6. The predicted molar refractivity (Wildman–Crippen MR) is 106 cm³/mol. The summed E-state index contributed by atoms with van der Waals surface area (Å²) in [5, 5.41) is 0. The largest absolute Gasteiger partial charge is 0.454 e. The second-order valence-electron chi connectivity index (χ2n) is 6.77. The van der Waals surface area contributed by atoms with Crippen molar-refractivity contribution in [1.82, 2.24) is 4.31 Å². The van der Waals surface area contributed by atoms with E-state index in [0.717, 1.165) is 18.4 Å². The molecule has 8 heteroatoms. The van der Waals surface area contributed by atoms with Crippen LogP contribution in [0.25, 0.3) is 0 Å². The van der Waals surface area contributed by atoms with E-state index in [1.807, 2.05) is 6.07 Å². The van der Waals surface area contributed by atoms with Gasteiger partial charge in [-0.2, -0.15) is 4.31 Å². The third-order valence-electron chi connectivity index (χ3n) is 4.69. The van der Waals surface area contributed by atoms with Crippen molar-refractivity contribution in [2.45, 2.75) is 24.3 Å². The predicted octanol–water partition coefficient (Wildman–Crippen LogP) is 2.66. The van der Waals surface area contributed by atoms with Gasteiger partial charge in [-0.15, -0.1) is 0 Å². The first-order chi connectivity index (χ1) is 13.9.